The fourth-order valence-corrected chi connectivity index (χ4v) is 4.45. The van der Waals surface area contributed by atoms with Crippen molar-refractivity contribution in [3.63, 3.8) is 0 Å². The van der Waals surface area contributed by atoms with Crippen LogP contribution in [0, 0.1) is 6.92 Å². The third kappa shape index (κ3) is 3.58. The summed E-state index contributed by atoms with van der Waals surface area (Å²) in [5.74, 6) is 0.679. The first-order valence-electron chi connectivity index (χ1n) is 8.44. The number of nitrogens with zero attached hydrogens (tertiary/aromatic N) is 3. The molecule has 0 radical (unpaired) electrons. The van der Waals surface area contributed by atoms with Crippen LogP contribution in [0.2, 0.25) is 0 Å². The van der Waals surface area contributed by atoms with Crippen LogP contribution in [0.5, 0.6) is 5.75 Å². The highest BCUT2D eigenvalue weighted by atomic mass is 32.1. The molecule has 0 spiro atoms. The van der Waals surface area contributed by atoms with E-state index in [9.17, 15) is 4.79 Å². The Morgan fingerprint density at radius 1 is 1.33 bits per heavy atom. The van der Waals surface area contributed by atoms with Gasteiger partial charge in [-0.3, -0.25) is 9.20 Å². The van der Waals surface area contributed by atoms with Crippen LogP contribution in [0.4, 0.5) is 0 Å². The van der Waals surface area contributed by atoms with E-state index >= 15 is 0 Å². The molecule has 0 aliphatic rings. The van der Waals surface area contributed by atoms with Crippen molar-refractivity contribution in [1.29, 1.82) is 0 Å². The molecule has 3 heterocycles. The molecule has 0 atom stereocenters. The van der Waals surface area contributed by atoms with Crippen molar-refractivity contribution in [2.24, 2.45) is 0 Å². The first-order chi connectivity index (χ1) is 13.2. The number of aromatic nitrogens is 3. The number of hydrogen-bond acceptors (Lipinski definition) is 6. The molecule has 1 N–H and O–H groups in total. The fraction of sp³-hybridized carbons (Fsp3) is 0.211. The van der Waals surface area contributed by atoms with E-state index in [0.717, 1.165) is 34.1 Å². The molecule has 0 saturated heterocycles. The summed E-state index contributed by atoms with van der Waals surface area (Å²) < 4.78 is 7.12. The number of amides is 1. The highest BCUT2D eigenvalue weighted by molar-refractivity contribution is 7.15. The number of imidazole rings is 1. The first-order valence-corrected chi connectivity index (χ1v) is 10.2. The lowest BCUT2D eigenvalue weighted by Crippen LogP contribution is -2.26. The van der Waals surface area contributed by atoms with Crippen molar-refractivity contribution in [3.8, 4) is 17.0 Å². The molecule has 27 heavy (non-hydrogen) atoms. The number of nitrogens with one attached hydrogen (secondary N) is 1. The molecule has 3 aromatic heterocycles. The van der Waals surface area contributed by atoms with Gasteiger partial charge in [0.15, 0.2) is 4.96 Å². The van der Waals surface area contributed by atoms with Crippen LogP contribution in [0.3, 0.4) is 0 Å². The van der Waals surface area contributed by atoms with Gasteiger partial charge in [0.2, 0.25) is 0 Å². The van der Waals surface area contributed by atoms with E-state index in [2.05, 4.69) is 15.3 Å². The SMILES string of the molecule is COc1cccc(-c2cn3c(C(=O)NCCc4scnc4C)csc3n2)c1. The summed E-state index contributed by atoms with van der Waals surface area (Å²) in [4.78, 5) is 23.5. The number of carbonyl (C=O) groups is 1. The van der Waals surface area contributed by atoms with Crippen molar-refractivity contribution in [1.82, 2.24) is 19.7 Å². The van der Waals surface area contributed by atoms with Gasteiger partial charge < -0.3 is 10.1 Å². The summed E-state index contributed by atoms with van der Waals surface area (Å²) in [6.07, 6.45) is 2.68. The minimum atomic E-state index is -0.0991. The van der Waals surface area contributed by atoms with Crippen LogP contribution in [0.15, 0.2) is 41.4 Å². The van der Waals surface area contributed by atoms with Crippen molar-refractivity contribution >= 4 is 33.5 Å². The van der Waals surface area contributed by atoms with Gasteiger partial charge >= 0.3 is 0 Å². The number of methoxy groups -OCH3 is 1. The standard InChI is InChI=1S/C19H18N4O2S2/c1-12-17(27-11-21-12)6-7-20-18(24)16-10-26-19-22-15(9-23(16)19)13-4-3-5-14(8-13)25-2/h3-5,8-11H,6-7H2,1-2H3,(H,20,24). The van der Waals surface area contributed by atoms with E-state index in [0.29, 0.717) is 12.2 Å². The number of hydrogen-bond donors (Lipinski definition) is 1. The number of thiazole rings is 2. The number of ether oxygens (including phenoxy) is 1. The summed E-state index contributed by atoms with van der Waals surface area (Å²) in [6, 6.07) is 7.73. The van der Waals surface area contributed by atoms with Gasteiger partial charge in [-0.15, -0.1) is 22.7 Å². The Bertz CT molecular complexity index is 1100. The van der Waals surface area contributed by atoms with Gasteiger partial charge in [-0.2, -0.15) is 0 Å². The van der Waals surface area contributed by atoms with Crippen molar-refractivity contribution < 1.29 is 9.53 Å². The summed E-state index contributed by atoms with van der Waals surface area (Å²) in [7, 11) is 1.64. The Morgan fingerprint density at radius 3 is 3.00 bits per heavy atom. The zero-order chi connectivity index (χ0) is 18.8. The highest BCUT2D eigenvalue weighted by Gasteiger charge is 2.15. The van der Waals surface area contributed by atoms with E-state index in [4.69, 9.17) is 4.74 Å². The Balaban J connectivity index is 1.51. The topological polar surface area (TPSA) is 68.5 Å². The van der Waals surface area contributed by atoms with E-state index < -0.39 is 0 Å². The monoisotopic (exact) mass is 398 g/mol. The van der Waals surface area contributed by atoms with E-state index in [1.54, 1.807) is 18.4 Å². The molecule has 1 aromatic carbocycles. The van der Waals surface area contributed by atoms with Crippen LogP contribution in [0.25, 0.3) is 16.2 Å². The zero-order valence-electron chi connectivity index (χ0n) is 14.9. The second-order valence-electron chi connectivity index (χ2n) is 6.00. The van der Waals surface area contributed by atoms with Crippen molar-refractivity contribution in [2.75, 3.05) is 13.7 Å². The summed E-state index contributed by atoms with van der Waals surface area (Å²) >= 11 is 3.07. The Morgan fingerprint density at radius 2 is 2.22 bits per heavy atom. The maximum Gasteiger partial charge on any atom is 0.269 e. The molecule has 138 valence electrons. The Kier molecular flexibility index (Phi) is 4.91. The lowest BCUT2D eigenvalue weighted by atomic mass is 10.1. The maximum absolute atomic E-state index is 12.6. The van der Waals surface area contributed by atoms with Crippen molar-refractivity contribution in [3.05, 3.63) is 57.6 Å². The van der Waals surface area contributed by atoms with Crippen LogP contribution < -0.4 is 10.1 Å². The molecule has 8 heteroatoms. The van der Waals surface area contributed by atoms with E-state index in [1.165, 1.54) is 16.2 Å². The molecule has 0 bridgehead atoms. The molecule has 0 aliphatic carbocycles. The molecular formula is C19H18N4O2S2. The third-order valence-corrected chi connectivity index (χ3v) is 6.12. The van der Waals surface area contributed by atoms with Crippen LogP contribution in [0.1, 0.15) is 21.1 Å². The summed E-state index contributed by atoms with van der Waals surface area (Å²) in [5.41, 5.74) is 5.23. The van der Waals surface area contributed by atoms with Gasteiger partial charge in [0.05, 0.1) is 24.0 Å². The second-order valence-corrected chi connectivity index (χ2v) is 7.77. The zero-order valence-corrected chi connectivity index (χ0v) is 16.6. The number of benzene rings is 1. The minimum absolute atomic E-state index is 0.0991. The highest BCUT2D eigenvalue weighted by Crippen LogP contribution is 2.26. The van der Waals surface area contributed by atoms with Gasteiger partial charge in [-0.1, -0.05) is 12.1 Å². The lowest BCUT2D eigenvalue weighted by Gasteiger charge is -2.04. The van der Waals surface area contributed by atoms with Crippen LogP contribution in [-0.4, -0.2) is 33.9 Å². The molecule has 4 aromatic rings. The van der Waals surface area contributed by atoms with Gasteiger partial charge in [0, 0.05) is 35.0 Å². The largest absolute Gasteiger partial charge is 0.497 e. The molecule has 0 fully saturated rings. The molecule has 0 unspecified atom stereocenters. The fourth-order valence-electron chi connectivity index (χ4n) is 2.81. The quantitative estimate of drug-likeness (QED) is 0.536. The average Bonchev–Trinajstić information content (AvgIpc) is 3.37. The minimum Gasteiger partial charge on any atom is -0.497 e. The first kappa shape index (κ1) is 17.7. The van der Waals surface area contributed by atoms with Gasteiger partial charge in [0.25, 0.3) is 5.91 Å². The Labute approximate surface area is 164 Å². The number of carbonyl (C=O) groups excluding carboxylic acids is 1. The summed E-state index contributed by atoms with van der Waals surface area (Å²) in [5, 5.41) is 4.83. The normalized spacial score (nSPS) is 11.0. The number of aryl methyl sites for hydroxylation is 1. The van der Waals surface area contributed by atoms with Gasteiger partial charge in [-0.25, -0.2) is 9.97 Å². The van der Waals surface area contributed by atoms with Crippen LogP contribution >= 0.6 is 22.7 Å². The van der Waals surface area contributed by atoms with Crippen molar-refractivity contribution in [2.45, 2.75) is 13.3 Å². The maximum atomic E-state index is 12.6. The molecule has 0 saturated carbocycles. The molecule has 1 amide bonds. The third-order valence-electron chi connectivity index (χ3n) is 4.29. The summed E-state index contributed by atoms with van der Waals surface area (Å²) in [6.45, 7) is 2.57. The molecular weight excluding hydrogens is 380 g/mol. The van der Waals surface area contributed by atoms with Gasteiger partial charge in [0.1, 0.15) is 11.4 Å². The smallest absolute Gasteiger partial charge is 0.269 e. The van der Waals surface area contributed by atoms with Crippen LogP contribution in [-0.2, 0) is 6.42 Å². The molecule has 0 aliphatic heterocycles. The Hall–Kier alpha value is -2.71. The predicted octanol–water partition coefficient (Wildman–Crippen LogP) is 3.81. The number of rotatable bonds is 6. The molecule has 6 nitrogen and oxygen atoms in total. The lowest BCUT2D eigenvalue weighted by molar-refractivity contribution is 0.0948. The van der Waals surface area contributed by atoms with E-state index in [1.807, 2.05) is 52.7 Å². The predicted molar refractivity (Wildman–Crippen MR) is 108 cm³/mol. The second kappa shape index (κ2) is 7.50. The molecule has 4 rings (SSSR count). The van der Waals surface area contributed by atoms with E-state index in [-0.39, 0.29) is 5.91 Å². The van der Waals surface area contributed by atoms with Gasteiger partial charge in [-0.05, 0) is 19.1 Å². The number of fused-ring (bicyclic) bond motifs is 1. The average molecular weight is 399 g/mol.